The summed E-state index contributed by atoms with van der Waals surface area (Å²) in [6.45, 7) is 3.28. The van der Waals surface area contributed by atoms with Gasteiger partial charge in [-0.2, -0.15) is 13.2 Å². The lowest BCUT2D eigenvalue weighted by atomic mass is 10.2. The van der Waals surface area contributed by atoms with Crippen LogP contribution in [0.15, 0.2) is 24.3 Å². The van der Waals surface area contributed by atoms with Gasteiger partial charge in [-0.25, -0.2) is 0 Å². The molecule has 0 aliphatic heterocycles. The topological polar surface area (TPSA) is 3.24 Å². The van der Waals surface area contributed by atoms with Crippen molar-refractivity contribution in [2.75, 3.05) is 23.9 Å². The molecule has 1 aromatic rings. The average Bonchev–Trinajstić information content (AvgIpc) is 2.25. The van der Waals surface area contributed by atoms with Crippen molar-refractivity contribution in [2.24, 2.45) is 0 Å². The van der Waals surface area contributed by atoms with Crippen molar-refractivity contribution in [3.05, 3.63) is 29.8 Å². The fourth-order valence-electron chi connectivity index (χ4n) is 1.43. The molecular weight excluding hydrogens is 239 g/mol. The maximum Gasteiger partial charge on any atom is 0.416 e. The number of alkyl halides is 4. The summed E-state index contributed by atoms with van der Waals surface area (Å²) in [5, 5.41) is 0. The Morgan fingerprint density at radius 1 is 1.19 bits per heavy atom. The first kappa shape index (κ1) is 13.2. The van der Waals surface area contributed by atoms with E-state index in [1.807, 2.05) is 11.8 Å². The molecule has 0 radical (unpaired) electrons. The first-order valence-corrected chi connectivity index (χ1v) is 5.50. The predicted molar refractivity (Wildman–Crippen MR) is 60.1 cm³/mol. The second kappa shape index (κ2) is 5.43. The largest absolute Gasteiger partial charge is 0.416 e. The quantitative estimate of drug-likeness (QED) is 0.737. The van der Waals surface area contributed by atoms with Crippen molar-refractivity contribution in [1.29, 1.82) is 0 Å². The fourth-order valence-corrected chi connectivity index (χ4v) is 1.64. The number of halogens is 4. The number of nitrogens with zero attached hydrogens (tertiary/aromatic N) is 1. The van der Waals surface area contributed by atoms with Crippen LogP contribution in [0.3, 0.4) is 0 Å². The Bertz CT molecular complexity index is 321. The smallest absolute Gasteiger partial charge is 0.371 e. The molecule has 0 fully saturated rings. The van der Waals surface area contributed by atoms with E-state index in [0.29, 0.717) is 12.4 Å². The van der Waals surface area contributed by atoms with Crippen molar-refractivity contribution in [1.82, 2.24) is 0 Å². The maximum absolute atomic E-state index is 12.3. The Kier molecular flexibility index (Phi) is 4.47. The highest BCUT2D eigenvalue weighted by molar-refractivity contribution is 6.18. The van der Waals surface area contributed by atoms with Gasteiger partial charge in [0.1, 0.15) is 0 Å². The molecule has 1 aromatic carbocycles. The van der Waals surface area contributed by atoms with Gasteiger partial charge in [-0.1, -0.05) is 0 Å². The summed E-state index contributed by atoms with van der Waals surface area (Å²) in [4.78, 5) is 1.92. The molecule has 0 saturated heterocycles. The van der Waals surface area contributed by atoms with E-state index in [0.717, 1.165) is 24.4 Å². The zero-order valence-electron chi connectivity index (χ0n) is 8.89. The second-order valence-corrected chi connectivity index (χ2v) is 3.69. The van der Waals surface area contributed by atoms with E-state index >= 15 is 0 Å². The standard InChI is InChI=1S/C11H13ClF3N/c1-2-16(8-7-12)10-5-3-9(4-6-10)11(13,14)15/h3-6H,2,7-8H2,1H3. The lowest BCUT2D eigenvalue weighted by molar-refractivity contribution is -0.137. The average molecular weight is 252 g/mol. The maximum atomic E-state index is 12.3. The zero-order valence-corrected chi connectivity index (χ0v) is 9.65. The molecule has 90 valence electrons. The van der Waals surface area contributed by atoms with Crippen LogP contribution in [0.25, 0.3) is 0 Å². The van der Waals surface area contributed by atoms with Crippen molar-refractivity contribution in [3.8, 4) is 0 Å². The van der Waals surface area contributed by atoms with Gasteiger partial charge >= 0.3 is 6.18 Å². The molecule has 0 amide bonds. The molecule has 0 saturated carbocycles. The highest BCUT2D eigenvalue weighted by atomic mass is 35.5. The van der Waals surface area contributed by atoms with Crippen LogP contribution >= 0.6 is 11.6 Å². The molecule has 0 spiro atoms. The minimum Gasteiger partial charge on any atom is -0.371 e. The summed E-state index contributed by atoms with van der Waals surface area (Å²) in [7, 11) is 0. The van der Waals surface area contributed by atoms with Gasteiger partial charge in [0.15, 0.2) is 0 Å². The predicted octanol–water partition coefficient (Wildman–Crippen LogP) is 3.77. The molecule has 1 rings (SSSR count). The van der Waals surface area contributed by atoms with Crippen LogP contribution in [0.1, 0.15) is 12.5 Å². The molecule has 0 aliphatic carbocycles. The minimum absolute atomic E-state index is 0.453. The minimum atomic E-state index is -4.28. The van der Waals surface area contributed by atoms with Gasteiger partial charge in [0.2, 0.25) is 0 Å². The first-order chi connectivity index (χ1) is 7.49. The molecule has 1 nitrogen and oxygen atoms in total. The van der Waals surface area contributed by atoms with Crippen molar-refractivity contribution in [2.45, 2.75) is 13.1 Å². The van der Waals surface area contributed by atoms with Crippen LogP contribution in [0.2, 0.25) is 0 Å². The highest BCUT2D eigenvalue weighted by Crippen LogP contribution is 2.30. The molecule has 0 N–H and O–H groups in total. The molecule has 16 heavy (non-hydrogen) atoms. The molecule has 0 atom stereocenters. The van der Waals surface area contributed by atoms with Gasteiger partial charge in [-0.15, -0.1) is 11.6 Å². The number of anilines is 1. The third-order valence-electron chi connectivity index (χ3n) is 2.30. The third-order valence-corrected chi connectivity index (χ3v) is 2.46. The van der Waals surface area contributed by atoms with Crippen LogP contribution in [0.5, 0.6) is 0 Å². The molecule has 5 heteroatoms. The molecule has 0 aliphatic rings. The Balaban J connectivity index is 2.85. The summed E-state index contributed by atoms with van der Waals surface area (Å²) in [6, 6.07) is 5.12. The van der Waals surface area contributed by atoms with Gasteiger partial charge < -0.3 is 4.90 Å². The number of hydrogen-bond donors (Lipinski definition) is 0. The Morgan fingerprint density at radius 3 is 2.12 bits per heavy atom. The number of hydrogen-bond acceptors (Lipinski definition) is 1. The summed E-state index contributed by atoms with van der Waals surface area (Å²) < 4.78 is 36.9. The highest BCUT2D eigenvalue weighted by Gasteiger charge is 2.30. The van der Waals surface area contributed by atoms with Gasteiger partial charge in [-0.05, 0) is 31.2 Å². The van der Waals surface area contributed by atoms with Crippen LogP contribution < -0.4 is 4.90 Å². The van der Waals surface area contributed by atoms with E-state index in [9.17, 15) is 13.2 Å². The van der Waals surface area contributed by atoms with Gasteiger partial charge in [0, 0.05) is 24.7 Å². The van der Waals surface area contributed by atoms with E-state index in [2.05, 4.69) is 0 Å². The van der Waals surface area contributed by atoms with Crippen LogP contribution in [-0.2, 0) is 6.18 Å². The number of benzene rings is 1. The summed E-state index contributed by atoms with van der Waals surface area (Å²) in [5.74, 6) is 0.453. The molecule has 0 bridgehead atoms. The van der Waals surface area contributed by atoms with E-state index in [1.54, 1.807) is 0 Å². The van der Waals surface area contributed by atoms with Gasteiger partial charge in [0.25, 0.3) is 0 Å². The first-order valence-electron chi connectivity index (χ1n) is 4.97. The summed E-state index contributed by atoms with van der Waals surface area (Å²) >= 11 is 5.61. The lowest BCUT2D eigenvalue weighted by Gasteiger charge is -2.22. The fraction of sp³-hybridized carbons (Fsp3) is 0.455. The summed E-state index contributed by atoms with van der Waals surface area (Å²) in [6.07, 6.45) is -4.28. The van der Waals surface area contributed by atoms with Crippen molar-refractivity contribution >= 4 is 17.3 Å². The SMILES string of the molecule is CCN(CCCl)c1ccc(C(F)(F)F)cc1. The molecule has 0 unspecified atom stereocenters. The Hall–Kier alpha value is -0.900. The van der Waals surface area contributed by atoms with Crippen molar-refractivity contribution < 1.29 is 13.2 Å². The van der Waals surface area contributed by atoms with Crippen molar-refractivity contribution in [3.63, 3.8) is 0 Å². The van der Waals surface area contributed by atoms with Crippen LogP contribution in [-0.4, -0.2) is 19.0 Å². The van der Waals surface area contributed by atoms with Crippen LogP contribution in [0.4, 0.5) is 18.9 Å². The third kappa shape index (κ3) is 3.30. The molecular formula is C11H13ClF3N. The van der Waals surface area contributed by atoms with E-state index in [1.165, 1.54) is 12.1 Å². The second-order valence-electron chi connectivity index (χ2n) is 3.31. The number of rotatable bonds is 4. The Morgan fingerprint density at radius 2 is 1.75 bits per heavy atom. The van der Waals surface area contributed by atoms with Gasteiger partial charge in [0.05, 0.1) is 5.56 Å². The normalized spacial score (nSPS) is 11.6. The van der Waals surface area contributed by atoms with Crippen LogP contribution in [0, 0.1) is 0 Å². The molecule has 0 heterocycles. The Labute approximate surface area is 97.8 Å². The van der Waals surface area contributed by atoms with E-state index < -0.39 is 11.7 Å². The zero-order chi connectivity index (χ0) is 12.2. The van der Waals surface area contributed by atoms with E-state index in [4.69, 9.17) is 11.6 Å². The monoisotopic (exact) mass is 251 g/mol. The lowest BCUT2D eigenvalue weighted by Crippen LogP contribution is -2.24. The van der Waals surface area contributed by atoms with Gasteiger partial charge in [-0.3, -0.25) is 0 Å². The van der Waals surface area contributed by atoms with E-state index in [-0.39, 0.29) is 0 Å². The summed E-state index contributed by atoms with van der Waals surface area (Å²) in [5.41, 5.74) is 0.134. The molecule has 0 aromatic heterocycles.